The third kappa shape index (κ3) is 13.4. The van der Waals surface area contributed by atoms with Crippen LogP contribution in [0.4, 0.5) is 0 Å². The van der Waals surface area contributed by atoms with Crippen molar-refractivity contribution >= 4 is 5.91 Å². The molecule has 0 aromatic rings. The zero-order chi connectivity index (χ0) is 23.1. The van der Waals surface area contributed by atoms with E-state index in [-0.39, 0.29) is 0 Å². The summed E-state index contributed by atoms with van der Waals surface area (Å²) in [6.07, 6.45) is 17.7. The molecule has 0 aliphatic carbocycles. The van der Waals surface area contributed by atoms with Crippen molar-refractivity contribution in [3.8, 4) is 0 Å². The number of piperazine rings is 1. The van der Waals surface area contributed by atoms with Gasteiger partial charge in [0.15, 0.2) is 0 Å². The number of carbonyl (C=O) groups is 1. The van der Waals surface area contributed by atoms with Crippen molar-refractivity contribution in [3.05, 3.63) is 46.6 Å². The van der Waals surface area contributed by atoms with E-state index in [2.05, 4.69) is 70.7 Å². The van der Waals surface area contributed by atoms with E-state index in [4.69, 9.17) is 0 Å². The first-order valence-corrected chi connectivity index (χ1v) is 12.4. The minimum atomic E-state index is 0.319. The molecule has 0 N–H and O–H groups in total. The highest BCUT2D eigenvalue weighted by Crippen LogP contribution is 2.14. The van der Waals surface area contributed by atoms with Gasteiger partial charge in [-0.05, 0) is 86.1 Å². The Morgan fingerprint density at radius 2 is 1.06 bits per heavy atom. The van der Waals surface area contributed by atoms with E-state index in [1.54, 1.807) is 0 Å². The summed E-state index contributed by atoms with van der Waals surface area (Å²) in [4.78, 5) is 16.8. The van der Waals surface area contributed by atoms with E-state index in [1.165, 1.54) is 28.7 Å². The van der Waals surface area contributed by atoms with Crippen LogP contribution >= 0.6 is 0 Å². The standard InChI is InChI=1S/C28H48N2O/c1-7-29-20-22-30(23-21-29)28(31)19-11-18-27(6)17-10-16-26(5)15-9-14-25(4)13-8-12-24(2)3/h12,14,16,18H,7-11,13,15,17,19-23H2,1-6H3/b25-14+,26-16?,27-18+. The average molecular weight is 429 g/mol. The Morgan fingerprint density at radius 1 is 0.645 bits per heavy atom. The molecule has 0 unspecified atom stereocenters. The number of hydrogen-bond donors (Lipinski definition) is 0. The van der Waals surface area contributed by atoms with Gasteiger partial charge in [-0.25, -0.2) is 0 Å². The molecular formula is C28H48N2O. The Hall–Kier alpha value is -1.61. The molecule has 1 rings (SSSR count). The highest BCUT2D eigenvalue weighted by molar-refractivity contribution is 5.76. The third-order valence-corrected chi connectivity index (χ3v) is 6.18. The smallest absolute Gasteiger partial charge is 0.222 e. The van der Waals surface area contributed by atoms with Crippen LogP contribution in [0.25, 0.3) is 0 Å². The van der Waals surface area contributed by atoms with E-state index < -0.39 is 0 Å². The van der Waals surface area contributed by atoms with Gasteiger partial charge >= 0.3 is 0 Å². The number of rotatable bonds is 13. The van der Waals surface area contributed by atoms with Crippen LogP contribution in [0.2, 0.25) is 0 Å². The molecule has 3 nitrogen and oxygen atoms in total. The molecule has 31 heavy (non-hydrogen) atoms. The molecule has 0 aromatic heterocycles. The van der Waals surface area contributed by atoms with Crippen LogP contribution in [0.5, 0.6) is 0 Å². The maximum Gasteiger partial charge on any atom is 0.222 e. The predicted octanol–water partition coefficient (Wildman–Crippen LogP) is 7.08. The molecule has 3 heteroatoms. The largest absolute Gasteiger partial charge is 0.340 e. The van der Waals surface area contributed by atoms with Gasteiger partial charge in [-0.2, -0.15) is 0 Å². The van der Waals surface area contributed by atoms with Gasteiger partial charge in [0, 0.05) is 32.6 Å². The van der Waals surface area contributed by atoms with Gasteiger partial charge in [0.25, 0.3) is 0 Å². The van der Waals surface area contributed by atoms with Gasteiger partial charge < -0.3 is 9.80 Å². The predicted molar refractivity (Wildman–Crippen MR) is 136 cm³/mol. The van der Waals surface area contributed by atoms with Crippen LogP contribution in [-0.4, -0.2) is 48.4 Å². The van der Waals surface area contributed by atoms with E-state index >= 15 is 0 Å². The van der Waals surface area contributed by atoms with Crippen molar-refractivity contribution in [2.24, 2.45) is 0 Å². The fraction of sp³-hybridized carbons (Fsp3) is 0.679. The first kappa shape index (κ1) is 27.4. The number of allylic oxidation sites excluding steroid dienone is 8. The van der Waals surface area contributed by atoms with Crippen LogP contribution in [-0.2, 0) is 4.79 Å². The molecule has 1 amide bonds. The lowest BCUT2D eigenvalue weighted by atomic mass is 10.0. The first-order valence-electron chi connectivity index (χ1n) is 12.4. The molecule has 1 fully saturated rings. The minimum Gasteiger partial charge on any atom is -0.340 e. The summed E-state index contributed by atoms with van der Waals surface area (Å²) in [5, 5.41) is 0. The number of hydrogen-bond acceptors (Lipinski definition) is 2. The van der Waals surface area contributed by atoms with Crippen LogP contribution in [0.15, 0.2) is 46.6 Å². The fourth-order valence-electron chi connectivity index (χ4n) is 3.90. The topological polar surface area (TPSA) is 23.6 Å². The van der Waals surface area contributed by atoms with Crippen LogP contribution in [0.3, 0.4) is 0 Å². The fourth-order valence-corrected chi connectivity index (χ4v) is 3.90. The minimum absolute atomic E-state index is 0.319. The summed E-state index contributed by atoms with van der Waals surface area (Å²) in [5.41, 5.74) is 5.81. The summed E-state index contributed by atoms with van der Waals surface area (Å²) in [5.74, 6) is 0.319. The van der Waals surface area contributed by atoms with Crippen molar-refractivity contribution in [1.29, 1.82) is 0 Å². The van der Waals surface area contributed by atoms with E-state index in [0.29, 0.717) is 12.3 Å². The maximum absolute atomic E-state index is 12.4. The van der Waals surface area contributed by atoms with Gasteiger partial charge in [0.05, 0.1) is 0 Å². The van der Waals surface area contributed by atoms with Crippen molar-refractivity contribution in [2.75, 3.05) is 32.7 Å². The molecule has 1 heterocycles. The number of nitrogens with zero attached hydrogens (tertiary/aromatic N) is 2. The number of likely N-dealkylation sites (N-methyl/N-ethyl adjacent to an activating group) is 1. The normalized spacial score (nSPS) is 16.6. The van der Waals surface area contributed by atoms with Crippen LogP contribution in [0.1, 0.15) is 92.9 Å². The van der Waals surface area contributed by atoms with Crippen molar-refractivity contribution < 1.29 is 4.79 Å². The molecule has 0 bridgehead atoms. The molecule has 1 aliphatic heterocycles. The van der Waals surface area contributed by atoms with Gasteiger partial charge in [0.2, 0.25) is 5.91 Å². The summed E-state index contributed by atoms with van der Waals surface area (Å²) in [6, 6.07) is 0. The van der Waals surface area contributed by atoms with Gasteiger partial charge in [0.1, 0.15) is 0 Å². The molecular weight excluding hydrogens is 380 g/mol. The van der Waals surface area contributed by atoms with Crippen LogP contribution < -0.4 is 0 Å². The maximum atomic E-state index is 12.4. The van der Waals surface area contributed by atoms with Gasteiger partial charge in [-0.3, -0.25) is 4.79 Å². The highest BCUT2D eigenvalue weighted by atomic mass is 16.2. The third-order valence-electron chi connectivity index (χ3n) is 6.18. The quantitative estimate of drug-likeness (QED) is 0.293. The van der Waals surface area contributed by atoms with Gasteiger partial charge in [-0.15, -0.1) is 0 Å². The van der Waals surface area contributed by atoms with Crippen molar-refractivity contribution in [3.63, 3.8) is 0 Å². The molecule has 1 aliphatic rings. The van der Waals surface area contributed by atoms with Gasteiger partial charge in [-0.1, -0.05) is 53.5 Å². The Balaban J connectivity index is 2.20. The van der Waals surface area contributed by atoms with Crippen molar-refractivity contribution in [2.45, 2.75) is 92.9 Å². The second kappa shape index (κ2) is 16.1. The molecule has 1 saturated heterocycles. The number of amides is 1. The van der Waals surface area contributed by atoms with E-state index in [9.17, 15) is 4.79 Å². The molecule has 0 saturated carbocycles. The lowest BCUT2D eigenvalue weighted by molar-refractivity contribution is -0.132. The monoisotopic (exact) mass is 428 g/mol. The zero-order valence-electron chi connectivity index (χ0n) is 21.3. The second-order valence-corrected chi connectivity index (χ2v) is 9.40. The highest BCUT2D eigenvalue weighted by Gasteiger charge is 2.19. The summed E-state index contributed by atoms with van der Waals surface area (Å²) in [6.45, 7) is 18.1. The number of carbonyl (C=O) groups excluding carboxylic acids is 1. The van der Waals surface area contributed by atoms with E-state index in [0.717, 1.165) is 71.2 Å². The van der Waals surface area contributed by atoms with E-state index in [1.807, 2.05) is 4.90 Å². The molecule has 0 radical (unpaired) electrons. The Bertz CT molecular complexity index is 642. The lowest BCUT2D eigenvalue weighted by Crippen LogP contribution is -2.48. The summed E-state index contributed by atoms with van der Waals surface area (Å²) in [7, 11) is 0. The Labute approximate surface area is 193 Å². The molecule has 0 atom stereocenters. The lowest BCUT2D eigenvalue weighted by Gasteiger charge is -2.34. The molecule has 0 aromatic carbocycles. The summed E-state index contributed by atoms with van der Waals surface area (Å²) >= 11 is 0. The molecule has 0 spiro atoms. The first-order chi connectivity index (χ1) is 14.8. The van der Waals surface area contributed by atoms with Crippen LogP contribution in [0, 0.1) is 0 Å². The van der Waals surface area contributed by atoms with Crippen molar-refractivity contribution in [1.82, 2.24) is 9.80 Å². The second-order valence-electron chi connectivity index (χ2n) is 9.40. The molecule has 176 valence electrons. The zero-order valence-corrected chi connectivity index (χ0v) is 21.3. The summed E-state index contributed by atoms with van der Waals surface area (Å²) < 4.78 is 0. The average Bonchev–Trinajstić information content (AvgIpc) is 2.73. The Kier molecular flexibility index (Phi) is 14.2. The Morgan fingerprint density at radius 3 is 1.48 bits per heavy atom. The SMILES string of the molecule is CCN1CCN(C(=O)CC/C=C(\C)CCC=C(C)CC/C=C(\C)CCC=C(C)C)CC1.